The van der Waals surface area contributed by atoms with E-state index < -0.39 is 11.8 Å². The van der Waals surface area contributed by atoms with Crippen LogP contribution in [0.4, 0.5) is 10.2 Å². The molecule has 6 nitrogen and oxygen atoms in total. The van der Waals surface area contributed by atoms with Gasteiger partial charge in [0.1, 0.15) is 6.10 Å². The predicted molar refractivity (Wildman–Crippen MR) is 94.6 cm³/mol. The van der Waals surface area contributed by atoms with Crippen LogP contribution in [0.3, 0.4) is 0 Å². The van der Waals surface area contributed by atoms with Gasteiger partial charge in [-0.3, -0.25) is 0 Å². The summed E-state index contributed by atoms with van der Waals surface area (Å²) in [6, 6.07) is 8.47. The molecule has 0 amide bonds. The van der Waals surface area contributed by atoms with Crippen molar-refractivity contribution in [3.05, 3.63) is 47.9 Å². The van der Waals surface area contributed by atoms with Crippen molar-refractivity contribution in [1.29, 1.82) is 0 Å². The summed E-state index contributed by atoms with van der Waals surface area (Å²) in [6.07, 6.45) is 2.70. The molecule has 1 saturated heterocycles. The number of aromatic nitrogens is 1. The maximum Gasteiger partial charge on any atom is 0.337 e. The van der Waals surface area contributed by atoms with Crippen molar-refractivity contribution in [2.75, 3.05) is 24.6 Å². The van der Waals surface area contributed by atoms with Crippen molar-refractivity contribution in [3.63, 3.8) is 0 Å². The number of hydrogen-bond donors (Lipinski definition) is 1. The summed E-state index contributed by atoms with van der Waals surface area (Å²) in [6.45, 7) is 3.57. The lowest BCUT2D eigenvalue weighted by molar-refractivity contribution is 0.0696. The number of halogens is 1. The van der Waals surface area contributed by atoms with Crippen LogP contribution in [0.5, 0.6) is 11.5 Å². The number of hydrogen-bond acceptors (Lipinski definition) is 5. The fraction of sp³-hybridized carbons (Fsp3) is 0.368. The summed E-state index contributed by atoms with van der Waals surface area (Å²) < 4.78 is 25.9. The summed E-state index contributed by atoms with van der Waals surface area (Å²) in [5.41, 5.74) is -0.165. The van der Waals surface area contributed by atoms with Crippen LogP contribution in [-0.2, 0) is 0 Å². The molecular formula is C19H21FN2O4. The van der Waals surface area contributed by atoms with Crippen LogP contribution in [-0.4, -0.2) is 41.9 Å². The number of rotatable bonds is 6. The third-order valence-electron chi connectivity index (χ3n) is 4.19. The number of pyridine rings is 1. The Kier molecular flexibility index (Phi) is 5.55. The highest BCUT2D eigenvalue weighted by molar-refractivity contribution is 5.87. The van der Waals surface area contributed by atoms with E-state index in [4.69, 9.17) is 14.6 Å². The summed E-state index contributed by atoms with van der Waals surface area (Å²) in [5.74, 6) is -0.338. The zero-order valence-electron chi connectivity index (χ0n) is 14.5. The Morgan fingerprint density at radius 1 is 1.38 bits per heavy atom. The number of ether oxygens (including phenoxy) is 2. The Morgan fingerprint density at radius 2 is 2.15 bits per heavy atom. The van der Waals surface area contributed by atoms with E-state index in [1.54, 1.807) is 4.90 Å². The molecule has 1 aromatic heterocycles. The van der Waals surface area contributed by atoms with E-state index in [0.29, 0.717) is 31.2 Å². The summed E-state index contributed by atoms with van der Waals surface area (Å²) in [7, 11) is 0. The zero-order valence-corrected chi connectivity index (χ0v) is 14.5. The first-order chi connectivity index (χ1) is 12.6. The van der Waals surface area contributed by atoms with Gasteiger partial charge in [0.05, 0.1) is 18.7 Å². The van der Waals surface area contributed by atoms with Crippen LogP contribution < -0.4 is 14.4 Å². The predicted octanol–water partition coefficient (Wildman–Crippen LogP) is 3.37. The number of carbonyl (C=O) groups is 1. The minimum absolute atomic E-state index is 0.134. The molecule has 0 bridgehead atoms. The lowest BCUT2D eigenvalue weighted by atomic mass is 10.1. The molecule has 1 N–H and O–H groups in total. The van der Waals surface area contributed by atoms with Crippen molar-refractivity contribution in [3.8, 4) is 11.5 Å². The van der Waals surface area contributed by atoms with Crippen LogP contribution >= 0.6 is 0 Å². The molecule has 1 unspecified atom stereocenters. The molecule has 7 heteroatoms. The third kappa shape index (κ3) is 4.04. The molecule has 0 saturated carbocycles. The smallest absolute Gasteiger partial charge is 0.337 e. The van der Waals surface area contributed by atoms with Crippen LogP contribution in [0.2, 0.25) is 0 Å². The summed E-state index contributed by atoms with van der Waals surface area (Å²) >= 11 is 0. The van der Waals surface area contributed by atoms with E-state index in [9.17, 15) is 9.18 Å². The van der Waals surface area contributed by atoms with Gasteiger partial charge in [0.15, 0.2) is 23.1 Å². The number of aromatic carboxylic acids is 1. The minimum atomic E-state index is -1.20. The van der Waals surface area contributed by atoms with Gasteiger partial charge >= 0.3 is 5.97 Å². The monoisotopic (exact) mass is 360 g/mol. The van der Waals surface area contributed by atoms with E-state index in [-0.39, 0.29) is 17.5 Å². The van der Waals surface area contributed by atoms with E-state index in [2.05, 4.69) is 4.98 Å². The maximum absolute atomic E-state index is 14.3. The topological polar surface area (TPSA) is 71.9 Å². The fourth-order valence-electron chi connectivity index (χ4n) is 3.01. The number of anilines is 1. The van der Waals surface area contributed by atoms with Gasteiger partial charge in [-0.25, -0.2) is 14.2 Å². The maximum atomic E-state index is 14.3. The second-order valence-electron chi connectivity index (χ2n) is 6.04. The Balaban J connectivity index is 1.73. The largest absolute Gasteiger partial charge is 0.490 e. The second-order valence-corrected chi connectivity index (χ2v) is 6.04. The Hall–Kier alpha value is -2.83. The normalized spacial score (nSPS) is 17.0. The fourth-order valence-corrected chi connectivity index (χ4v) is 3.01. The molecule has 26 heavy (non-hydrogen) atoms. The van der Waals surface area contributed by atoms with E-state index in [1.807, 2.05) is 31.2 Å². The van der Waals surface area contributed by atoms with Gasteiger partial charge in [0.2, 0.25) is 0 Å². The van der Waals surface area contributed by atoms with Crippen LogP contribution in [0.1, 0.15) is 30.1 Å². The number of benzene rings is 1. The molecule has 1 fully saturated rings. The standard InChI is InChI=1S/C19H21FN2O4/c1-2-25-16-7-3-4-8-17(16)26-14-6-5-9-22(12-14)18-15(20)10-13(11-21-18)19(23)24/h3-4,7-8,10-11,14H,2,5-6,9,12H2,1H3,(H,23,24). The van der Waals surface area contributed by atoms with Crippen LogP contribution in [0.15, 0.2) is 36.5 Å². The average Bonchev–Trinajstić information content (AvgIpc) is 2.63. The van der Waals surface area contributed by atoms with Gasteiger partial charge < -0.3 is 19.5 Å². The van der Waals surface area contributed by atoms with Crippen molar-refractivity contribution in [2.24, 2.45) is 0 Å². The Morgan fingerprint density at radius 3 is 2.85 bits per heavy atom. The lowest BCUT2D eigenvalue weighted by Crippen LogP contribution is -2.42. The lowest BCUT2D eigenvalue weighted by Gasteiger charge is -2.34. The minimum Gasteiger partial charge on any atom is -0.490 e. The first-order valence-corrected chi connectivity index (χ1v) is 8.60. The molecule has 1 aliphatic rings. The highest BCUT2D eigenvalue weighted by Gasteiger charge is 2.25. The number of para-hydroxylation sites is 2. The van der Waals surface area contributed by atoms with Crippen molar-refractivity contribution >= 4 is 11.8 Å². The first kappa shape index (κ1) is 18.0. The molecule has 1 aromatic carbocycles. The Bertz CT molecular complexity index is 784. The molecule has 1 atom stereocenters. The van der Waals surface area contributed by atoms with Gasteiger partial charge in [-0.2, -0.15) is 0 Å². The van der Waals surface area contributed by atoms with Gasteiger partial charge in [0.25, 0.3) is 0 Å². The number of piperidine rings is 1. The molecule has 0 spiro atoms. The number of carboxylic acid groups (broad SMARTS) is 1. The van der Waals surface area contributed by atoms with Gasteiger partial charge in [0, 0.05) is 12.7 Å². The summed E-state index contributed by atoms with van der Waals surface area (Å²) in [5, 5.41) is 8.93. The molecule has 2 aromatic rings. The van der Waals surface area contributed by atoms with E-state index in [0.717, 1.165) is 18.9 Å². The zero-order chi connectivity index (χ0) is 18.5. The van der Waals surface area contributed by atoms with Crippen LogP contribution in [0.25, 0.3) is 0 Å². The van der Waals surface area contributed by atoms with Crippen molar-refractivity contribution < 1.29 is 23.8 Å². The molecule has 0 radical (unpaired) electrons. The van der Waals surface area contributed by atoms with Gasteiger partial charge in [-0.05, 0) is 38.0 Å². The average molecular weight is 360 g/mol. The van der Waals surface area contributed by atoms with Gasteiger partial charge in [-0.1, -0.05) is 12.1 Å². The molecule has 1 aliphatic heterocycles. The van der Waals surface area contributed by atoms with Crippen molar-refractivity contribution in [2.45, 2.75) is 25.9 Å². The number of carboxylic acids is 1. The van der Waals surface area contributed by atoms with E-state index >= 15 is 0 Å². The Labute approximate surface area is 151 Å². The highest BCUT2D eigenvalue weighted by Crippen LogP contribution is 2.30. The summed E-state index contributed by atoms with van der Waals surface area (Å²) in [4.78, 5) is 16.7. The van der Waals surface area contributed by atoms with Gasteiger partial charge in [-0.15, -0.1) is 0 Å². The molecule has 2 heterocycles. The SMILES string of the molecule is CCOc1ccccc1OC1CCCN(c2ncc(C(=O)O)cc2F)C1. The quantitative estimate of drug-likeness (QED) is 0.852. The first-order valence-electron chi connectivity index (χ1n) is 8.60. The van der Waals surface area contributed by atoms with Crippen LogP contribution in [0, 0.1) is 5.82 Å². The molecule has 3 rings (SSSR count). The third-order valence-corrected chi connectivity index (χ3v) is 4.19. The second kappa shape index (κ2) is 8.03. The highest BCUT2D eigenvalue weighted by atomic mass is 19.1. The van der Waals surface area contributed by atoms with Crippen molar-refractivity contribution in [1.82, 2.24) is 4.98 Å². The molecule has 138 valence electrons. The number of nitrogens with zero attached hydrogens (tertiary/aromatic N) is 2. The molecular weight excluding hydrogens is 339 g/mol. The van der Waals surface area contributed by atoms with E-state index in [1.165, 1.54) is 6.20 Å². The molecule has 0 aliphatic carbocycles.